The summed E-state index contributed by atoms with van der Waals surface area (Å²) < 4.78 is 0. The van der Waals surface area contributed by atoms with Gasteiger partial charge in [0, 0.05) is 0 Å². The Hall–Kier alpha value is -0.550. The Kier molecular flexibility index (Phi) is 6.79. The quantitative estimate of drug-likeness (QED) is 0.618. The highest BCUT2D eigenvalue weighted by molar-refractivity contribution is 4.89. The van der Waals surface area contributed by atoms with Crippen molar-refractivity contribution in [3.05, 3.63) is 0 Å². The number of nitrogens with one attached hydrogen (secondary N) is 1. The second kappa shape index (κ2) is 7.12. The van der Waals surface area contributed by atoms with Gasteiger partial charge in [0.25, 0.3) is 0 Å². The fourth-order valence-corrected chi connectivity index (χ4v) is 1.11. The van der Waals surface area contributed by atoms with Crippen LogP contribution < -0.4 is 5.32 Å². The summed E-state index contributed by atoms with van der Waals surface area (Å²) in [6.07, 6.45) is 3.31. The van der Waals surface area contributed by atoms with Gasteiger partial charge in [0.05, 0.1) is 12.1 Å². The lowest BCUT2D eigenvalue weighted by Crippen LogP contribution is -2.29. The van der Waals surface area contributed by atoms with E-state index in [-0.39, 0.29) is 6.04 Å². The number of unbranched alkanes of at least 4 members (excludes halogenated alkanes) is 1. The van der Waals surface area contributed by atoms with Crippen molar-refractivity contribution in [2.24, 2.45) is 5.92 Å². The van der Waals surface area contributed by atoms with Gasteiger partial charge in [-0.05, 0) is 25.3 Å². The molecule has 0 bridgehead atoms. The fraction of sp³-hybridized carbons (Fsp3) is 0.900. The van der Waals surface area contributed by atoms with Crippen LogP contribution >= 0.6 is 0 Å². The van der Waals surface area contributed by atoms with Crippen molar-refractivity contribution < 1.29 is 0 Å². The first-order valence-electron chi connectivity index (χ1n) is 4.83. The van der Waals surface area contributed by atoms with Gasteiger partial charge in [-0.2, -0.15) is 5.26 Å². The van der Waals surface area contributed by atoms with E-state index < -0.39 is 0 Å². The highest BCUT2D eigenvalue weighted by Gasteiger charge is 2.07. The van der Waals surface area contributed by atoms with Crippen molar-refractivity contribution in [1.82, 2.24) is 5.32 Å². The minimum atomic E-state index is 0.0524. The molecule has 0 aliphatic rings. The average molecular weight is 168 g/mol. The average Bonchev–Trinajstić information content (AvgIpc) is 2.02. The number of rotatable bonds is 6. The lowest BCUT2D eigenvalue weighted by atomic mass is 10.0. The number of nitrogens with zero attached hydrogens (tertiary/aromatic N) is 1. The Bertz CT molecular complexity index is 135. The second-order valence-corrected chi connectivity index (χ2v) is 3.62. The van der Waals surface area contributed by atoms with E-state index in [0.717, 1.165) is 19.4 Å². The van der Waals surface area contributed by atoms with Crippen molar-refractivity contribution in [1.29, 1.82) is 5.26 Å². The highest BCUT2D eigenvalue weighted by atomic mass is 14.9. The topological polar surface area (TPSA) is 35.8 Å². The first-order chi connectivity index (χ1) is 5.70. The van der Waals surface area contributed by atoms with Crippen LogP contribution in [0, 0.1) is 17.2 Å². The molecule has 1 unspecified atom stereocenters. The third-order valence-corrected chi connectivity index (χ3v) is 1.78. The Morgan fingerprint density at radius 3 is 2.50 bits per heavy atom. The minimum Gasteiger partial charge on any atom is -0.302 e. The first kappa shape index (κ1) is 11.4. The summed E-state index contributed by atoms with van der Waals surface area (Å²) in [5.74, 6) is 0.601. The molecule has 1 atom stereocenters. The molecule has 0 heterocycles. The molecule has 2 heteroatoms. The van der Waals surface area contributed by atoms with Gasteiger partial charge in [0.2, 0.25) is 0 Å². The molecule has 0 aromatic rings. The zero-order chi connectivity index (χ0) is 9.40. The standard InChI is InChI=1S/C10H20N2/c1-4-5-6-12-10(8-11)7-9(2)3/h9-10,12H,4-7H2,1-3H3. The van der Waals surface area contributed by atoms with E-state index in [2.05, 4.69) is 32.2 Å². The van der Waals surface area contributed by atoms with Crippen LogP contribution in [0.2, 0.25) is 0 Å². The molecule has 0 aromatic heterocycles. The van der Waals surface area contributed by atoms with Gasteiger partial charge in [0.15, 0.2) is 0 Å². The van der Waals surface area contributed by atoms with Gasteiger partial charge >= 0.3 is 0 Å². The summed E-state index contributed by atoms with van der Waals surface area (Å²) in [7, 11) is 0. The molecule has 70 valence electrons. The SMILES string of the molecule is CCCCNC(C#N)CC(C)C. The molecule has 0 saturated carbocycles. The maximum Gasteiger partial charge on any atom is 0.0955 e. The number of hydrogen-bond donors (Lipinski definition) is 1. The van der Waals surface area contributed by atoms with Crippen molar-refractivity contribution in [2.75, 3.05) is 6.54 Å². The predicted octanol–water partition coefficient (Wildman–Crippen LogP) is 2.31. The van der Waals surface area contributed by atoms with Gasteiger partial charge < -0.3 is 5.32 Å². The van der Waals surface area contributed by atoms with Crippen LogP contribution in [0.15, 0.2) is 0 Å². The van der Waals surface area contributed by atoms with Crippen LogP contribution in [0.3, 0.4) is 0 Å². The molecule has 0 amide bonds. The molecule has 2 nitrogen and oxygen atoms in total. The van der Waals surface area contributed by atoms with Crippen molar-refractivity contribution in [3.63, 3.8) is 0 Å². The fourth-order valence-electron chi connectivity index (χ4n) is 1.11. The molecular weight excluding hydrogens is 148 g/mol. The molecule has 0 aliphatic carbocycles. The maximum atomic E-state index is 8.76. The van der Waals surface area contributed by atoms with Gasteiger partial charge in [0.1, 0.15) is 0 Å². The molecule has 0 spiro atoms. The lowest BCUT2D eigenvalue weighted by Gasteiger charge is -2.12. The Labute approximate surface area is 76.0 Å². The Morgan fingerprint density at radius 2 is 2.08 bits per heavy atom. The number of nitriles is 1. The van der Waals surface area contributed by atoms with Crippen molar-refractivity contribution >= 4 is 0 Å². The molecule has 0 saturated heterocycles. The monoisotopic (exact) mass is 168 g/mol. The van der Waals surface area contributed by atoms with Crippen LogP contribution in [0.4, 0.5) is 0 Å². The number of hydrogen-bond acceptors (Lipinski definition) is 2. The van der Waals surface area contributed by atoms with E-state index in [0.29, 0.717) is 5.92 Å². The summed E-state index contributed by atoms with van der Waals surface area (Å²) in [5.41, 5.74) is 0. The van der Waals surface area contributed by atoms with Crippen molar-refractivity contribution in [3.8, 4) is 6.07 Å². The maximum absolute atomic E-state index is 8.76. The van der Waals surface area contributed by atoms with E-state index in [9.17, 15) is 0 Å². The lowest BCUT2D eigenvalue weighted by molar-refractivity contribution is 0.474. The van der Waals surface area contributed by atoms with Crippen LogP contribution in [-0.4, -0.2) is 12.6 Å². The molecular formula is C10H20N2. The summed E-state index contributed by atoms with van der Waals surface area (Å²) in [6, 6.07) is 2.33. The van der Waals surface area contributed by atoms with E-state index in [1.54, 1.807) is 0 Å². The Morgan fingerprint density at radius 1 is 1.42 bits per heavy atom. The largest absolute Gasteiger partial charge is 0.302 e. The van der Waals surface area contributed by atoms with Crippen LogP contribution in [0.1, 0.15) is 40.0 Å². The van der Waals surface area contributed by atoms with Crippen LogP contribution in [0.25, 0.3) is 0 Å². The van der Waals surface area contributed by atoms with E-state index in [1.165, 1.54) is 6.42 Å². The highest BCUT2D eigenvalue weighted by Crippen LogP contribution is 2.03. The predicted molar refractivity (Wildman–Crippen MR) is 51.8 cm³/mol. The van der Waals surface area contributed by atoms with Crippen molar-refractivity contribution in [2.45, 2.75) is 46.1 Å². The molecule has 1 N–H and O–H groups in total. The third-order valence-electron chi connectivity index (χ3n) is 1.78. The minimum absolute atomic E-state index is 0.0524. The molecule has 0 rings (SSSR count). The van der Waals surface area contributed by atoms with E-state index >= 15 is 0 Å². The molecule has 0 fully saturated rings. The summed E-state index contributed by atoms with van der Waals surface area (Å²) in [6.45, 7) is 7.42. The van der Waals surface area contributed by atoms with Gasteiger partial charge in [-0.25, -0.2) is 0 Å². The molecule has 0 radical (unpaired) electrons. The summed E-state index contributed by atoms with van der Waals surface area (Å²) >= 11 is 0. The normalized spacial score (nSPS) is 12.9. The van der Waals surface area contributed by atoms with E-state index in [1.807, 2.05) is 0 Å². The van der Waals surface area contributed by atoms with Gasteiger partial charge in [-0.3, -0.25) is 0 Å². The van der Waals surface area contributed by atoms with Crippen LogP contribution in [-0.2, 0) is 0 Å². The zero-order valence-corrected chi connectivity index (χ0v) is 8.43. The summed E-state index contributed by atoms with van der Waals surface area (Å²) in [5, 5.41) is 12.0. The zero-order valence-electron chi connectivity index (χ0n) is 8.43. The molecule has 0 aromatic carbocycles. The van der Waals surface area contributed by atoms with Gasteiger partial charge in [-0.1, -0.05) is 27.2 Å². The van der Waals surface area contributed by atoms with Crippen LogP contribution in [0.5, 0.6) is 0 Å². The molecule has 12 heavy (non-hydrogen) atoms. The Balaban J connectivity index is 3.48. The first-order valence-corrected chi connectivity index (χ1v) is 4.83. The third kappa shape index (κ3) is 6.18. The smallest absolute Gasteiger partial charge is 0.0955 e. The second-order valence-electron chi connectivity index (χ2n) is 3.62. The van der Waals surface area contributed by atoms with Gasteiger partial charge in [-0.15, -0.1) is 0 Å². The van der Waals surface area contributed by atoms with E-state index in [4.69, 9.17) is 5.26 Å². The molecule has 0 aliphatic heterocycles. The summed E-state index contributed by atoms with van der Waals surface area (Å²) in [4.78, 5) is 0.